The number of thiophene rings is 1. The van der Waals surface area contributed by atoms with E-state index in [1.54, 1.807) is 23.5 Å². The molecule has 1 N–H and O–H groups in total. The molecule has 0 aliphatic carbocycles. The van der Waals surface area contributed by atoms with Crippen molar-refractivity contribution in [2.45, 2.75) is 32.4 Å². The van der Waals surface area contributed by atoms with Crippen LogP contribution in [0.2, 0.25) is 0 Å². The van der Waals surface area contributed by atoms with E-state index in [0.717, 1.165) is 28.6 Å². The molecule has 0 radical (unpaired) electrons. The number of hydrogen-bond donors (Lipinski definition) is 1. The van der Waals surface area contributed by atoms with E-state index in [9.17, 15) is 9.18 Å². The second-order valence-electron chi connectivity index (χ2n) is 7.31. The Bertz CT molecular complexity index is 1100. The molecule has 4 aromatic rings. The van der Waals surface area contributed by atoms with Crippen molar-refractivity contribution in [1.82, 2.24) is 9.88 Å². The summed E-state index contributed by atoms with van der Waals surface area (Å²) in [6.45, 7) is 2.57. The van der Waals surface area contributed by atoms with Gasteiger partial charge in [-0.25, -0.2) is 4.39 Å². The lowest BCUT2D eigenvalue weighted by atomic mass is 10.1. The van der Waals surface area contributed by atoms with Crippen molar-refractivity contribution in [2.75, 3.05) is 0 Å². The van der Waals surface area contributed by atoms with Crippen LogP contribution >= 0.6 is 11.3 Å². The van der Waals surface area contributed by atoms with E-state index in [2.05, 4.69) is 17.4 Å². The molecule has 1 atom stereocenters. The molecule has 2 aromatic carbocycles. The van der Waals surface area contributed by atoms with Gasteiger partial charge in [-0.15, -0.1) is 11.3 Å². The Morgan fingerprint density at radius 1 is 1.07 bits per heavy atom. The second kappa shape index (κ2) is 8.62. The maximum atomic E-state index is 13.2. The highest BCUT2D eigenvalue weighted by Crippen LogP contribution is 2.26. The molecule has 2 heterocycles. The first kappa shape index (κ1) is 19.4. The van der Waals surface area contributed by atoms with Crippen LogP contribution in [-0.2, 0) is 13.0 Å². The topological polar surface area (TPSA) is 34.0 Å². The third-order valence-electron chi connectivity index (χ3n) is 5.10. The van der Waals surface area contributed by atoms with Gasteiger partial charge in [0.2, 0.25) is 0 Å². The van der Waals surface area contributed by atoms with Crippen molar-refractivity contribution in [3.63, 3.8) is 0 Å². The zero-order chi connectivity index (χ0) is 20.2. The number of rotatable bonds is 7. The number of benzene rings is 2. The average molecular weight is 407 g/mol. The first-order chi connectivity index (χ1) is 14.1. The summed E-state index contributed by atoms with van der Waals surface area (Å²) in [6.07, 6.45) is 1.80. The number of nitrogens with zero attached hydrogens (tertiary/aromatic N) is 1. The maximum absolute atomic E-state index is 13.2. The second-order valence-corrected chi connectivity index (χ2v) is 8.26. The minimum absolute atomic E-state index is 0.0647. The lowest BCUT2D eigenvalue weighted by Crippen LogP contribution is -2.34. The number of amides is 1. The lowest BCUT2D eigenvalue weighted by molar-refractivity contribution is 0.0930. The van der Waals surface area contributed by atoms with Crippen molar-refractivity contribution >= 4 is 27.5 Å². The molecule has 0 saturated heterocycles. The molecule has 3 nitrogen and oxygen atoms in total. The number of aryl methyl sites for hydroxylation is 1. The molecule has 0 spiro atoms. The third kappa shape index (κ3) is 4.57. The summed E-state index contributed by atoms with van der Waals surface area (Å²) in [5.74, 6) is -0.330. The quantitative estimate of drug-likeness (QED) is 0.423. The van der Waals surface area contributed by atoms with E-state index >= 15 is 0 Å². The fourth-order valence-electron chi connectivity index (χ4n) is 3.51. The molecule has 5 heteroatoms. The zero-order valence-electron chi connectivity index (χ0n) is 16.3. The Balaban J connectivity index is 1.49. The molecule has 148 valence electrons. The summed E-state index contributed by atoms with van der Waals surface area (Å²) < 4.78 is 16.3. The largest absolute Gasteiger partial charge is 0.348 e. The number of carbonyl (C=O) groups is 1. The Kier molecular flexibility index (Phi) is 5.76. The van der Waals surface area contributed by atoms with Gasteiger partial charge in [0.1, 0.15) is 11.5 Å². The van der Waals surface area contributed by atoms with Gasteiger partial charge < -0.3 is 9.88 Å². The van der Waals surface area contributed by atoms with Gasteiger partial charge in [-0.1, -0.05) is 42.5 Å². The van der Waals surface area contributed by atoms with E-state index < -0.39 is 0 Å². The van der Waals surface area contributed by atoms with Crippen LogP contribution in [0.4, 0.5) is 4.39 Å². The predicted molar refractivity (Wildman–Crippen MR) is 117 cm³/mol. The van der Waals surface area contributed by atoms with Crippen LogP contribution in [0.25, 0.3) is 10.2 Å². The third-order valence-corrected chi connectivity index (χ3v) is 5.95. The van der Waals surface area contributed by atoms with Crippen molar-refractivity contribution in [3.8, 4) is 0 Å². The molecular weight excluding hydrogens is 383 g/mol. The van der Waals surface area contributed by atoms with E-state index in [0.29, 0.717) is 12.2 Å². The number of hydrogen-bond acceptors (Lipinski definition) is 2. The summed E-state index contributed by atoms with van der Waals surface area (Å²) in [5, 5.41) is 5.16. The van der Waals surface area contributed by atoms with Gasteiger partial charge in [-0.05, 0) is 60.5 Å². The summed E-state index contributed by atoms with van der Waals surface area (Å²) in [7, 11) is 0. The molecule has 2 aromatic heterocycles. The molecule has 4 rings (SSSR count). The number of nitrogens with one attached hydrogen (secondary N) is 1. The van der Waals surface area contributed by atoms with Crippen LogP contribution in [0, 0.1) is 5.82 Å². The highest BCUT2D eigenvalue weighted by molar-refractivity contribution is 7.17. The lowest BCUT2D eigenvalue weighted by Gasteiger charge is -2.16. The van der Waals surface area contributed by atoms with Gasteiger partial charge in [0.05, 0.1) is 10.2 Å². The minimum Gasteiger partial charge on any atom is -0.348 e. The van der Waals surface area contributed by atoms with E-state index in [4.69, 9.17) is 0 Å². The maximum Gasteiger partial charge on any atom is 0.268 e. The average Bonchev–Trinajstić information content (AvgIpc) is 3.31. The van der Waals surface area contributed by atoms with Crippen LogP contribution in [0.1, 0.15) is 35.0 Å². The Morgan fingerprint density at radius 3 is 2.59 bits per heavy atom. The molecule has 0 fully saturated rings. The van der Waals surface area contributed by atoms with Crippen LogP contribution in [-0.4, -0.2) is 16.5 Å². The van der Waals surface area contributed by atoms with Crippen molar-refractivity contribution in [1.29, 1.82) is 0 Å². The SMILES string of the molecule is C[C@H](CCc1ccccc1)NC(=O)c1cc2sccc2n1Cc1ccc(F)cc1. The molecule has 0 saturated carbocycles. The van der Waals surface area contributed by atoms with E-state index in [-0.39, 0.29) is 17.8 Å². The molecular formula is C24H23FN2OS. The fraction of sp³-hybridized carbons (Fsp3) is 0.208. The van der Waals surface area contributed by atoms with Crippen LogP contribution < -0.4 is 5.32 Å². The van der Waals surface area contributed by atoms with Gasteiger partial charge in [0, 0.05) is 12.6 Å². The molecule has 0 aliphatic heterocycles. The normalized spacial score (nSPS) is 12.2. The predicted octanol–water partition coefficient (Wildman–Crippen LogP) is 5.64. The standard InChI is InChI=1S/C24H23FN2OS/c1-17(7-8-18-5-3-2-4-6-18)26-24(28)22-15-23-21(13-14-29-23)27(22)16-19-9-11-20(25)12-10-19/h2-6,9-15,17H,7-8,16H2,1H3,(H,26,28)/t17-/m1/s1. The number of halogens is 1. The molecule has 0 bridgehead atoms. The Hall–Kier alpha value is -2.92. The molecule has 29 heavy (non-hydrogen) atoms. The van der Waals surface area contributed by atoms with Gasteiger partial charge in [-0.3, -0.25) is 4.79 Å². The molecule has 0 unspecified atom stereocenters. The Labute approximate surface area is 173 Å². The minimum atomic E-state index is -0.257. The summed E-state index contributed by atoms with van der Waals surface area (Å²) in [5.41, 5.74) is 3.90. The smallest absolute Gasteiger partial charge is 0.268 e. The summed E-state index contributed by atoms with van der Waals surface area (Å²) >= 11 is 1.62. The molecule has 0 aliphatic rings. The van der Waals surface area contributed by atoms with E-state index in [1.165, 1.54) is 17.7 Å². The van der Waals surface area contributed by atoms with Gasteiger partial charge in [0.15, 0.2) is 0 Å². The monoisotopic (exact) mass is 406 g/mol. The van der Waals surface area contributed by atoms with Gasteiger partial charge >= 0.3 is 0 Å². The van der Waals surface area contributed by atoms with Gasteiger partial charge in [-0.2, -0.15) is 0 Å². The number of aromatic nitrogens is 1. The summed E-state index contributed by atoms with van der Waals surface area (Å²) in [4.78, 5) is 13.0. The first-order valence-electron chi connectivity index (χ1n) is 9.76. The van der Waals surface area contributed by atoms with Crippen molar-refractivity contribution in [3.05, 3.63) is 94.7 Å². The van der Waals surface area contributed by atoms with E-state index in [1.807, 2.05) is 47.2 Å². The highest BCUT2D eigenvalue weighted by Gasteiger charge is 2.18. The van der Waals surface area contributed by atoms with Crippen LogP contribution in [0.3, 0.4) is 0 Å². The number of carbonyl (C=O) groups excluding carboxylic acids is 1. The van der Waals surface area contributed by atoms with Crippen LogP contribution in [0.5, 0.6) is 0 Å². The van der Waals surface area contributed by atoms with Crippen molar-refractivity contribution < 1.29 is 9.18 Å². The Morgan fingerprint density at radius 2 is 1.83 bits per heavy atom. The highest BCUT2D eigenvalue weighted by atomic mass is 32.1. The van der Waals surface area contributed by atoms with Gasteiger partial charge in [0.25, 0.3) is 5.91 Å². The van der Waals surface area contributed by atoms with Crippen LogP contribution in [0.15, 0.2) is 72.1 Å². The zero-order valence-corrected chi connectivity index (χ0v) is 17.1. The molecule has 1 amide bonds. The van der Waals surface area contributed by atoms with Crippen molar-refractivity contribution in [2.24, 2.45) is 0 Å². The first-order valence-corrected chi connectivity index (χ1v) is 10.6. The summed E-state index contributed by atoms with van der Waals surface area (Å²) in [6, 6.07) is 20.8. The number of fused-ring (bicyclic) bond motifs is 1. The fourth-order valence-corrected chi connectivity index (χ4v) is 4.33.